The summed E-state index contributed by atoms with van der Waals surface area (Å²) in [5.74, 6) is -0.00924. The Morgan fingerprint density at radius 3 is 2.22 bits per heavy atom. The fraction of sp³-hybridized carbons (Fsp3) is 0.476. The Morgan fingerprint density at radius 2 is 1.67 bits per heavy atom. The molecule has 144 valence electrons. The van der Waals surface area contributed by atoms with Crippen LogP contribution in [0.2, 0.25) is 0 Å². The van der Waals surface area contributed by atoms with Crippen molar-refractivity contribution < 1.29 is 9.59 Å². The van der Waals surface area contributed by atoms with Crippen molar-refractivity contribution in [1.82, 2.24) is 19.4 Å². The van der Waals surface area contributed by atoms with E-state index in [2.05, 4.69) is 23.4 Å². The molecule has 6 nitrogen and oxygen atoms in total. The van der Waals surface area contributed by atoms with E-state index in [1.165, 1.54) is 0 Å². The Bertz CT molecular complexity index is 826. The van der Waals surface area contributed by atoms with Crippen LogP contribution in [0.3, 0.4) is 0 Å². The van der Waals surface area contributed by atoms with Gasteiger partial charge in [-0.2, -0.15) is 0 Å². The van der Waals surface area contributed by atoms with Gasteiger partial charge < -0.3 is 14.4 Å². The van der Waals surface area contributed by atoms with Crippen LogP contribution < -0.4 is 0 Å². The predicted octanol–water partition coefficient (Wildman–Crippen LogP) is 3.07. The predicted molar refractivity (Wildman–Crippen MR) is 105 cm³/mol. The minimum Gasteiger partial charge on any atom is -0.346 e. The van der Waals surface area contributed by atoms with E-state index in [1.807, 2.05) is 30.9 Å². The summed E-state index contributed by atoms with van der Waals surface area (Å²) in [5, 5.41) is 0. The van der Waals surface area contributed by atoms with Gasteiger partial charge in [-0.15, -0.1) is 0 Å². The molecule has 0 bridgehead atoms. The first-order valence-corrected chi connectivity index (χ1v) is 9.58. The van der Waals surface area contributed by atoms with Crippen molar-refractivity contribution in [3.63, 3.8) is 0 Å². The van der Waals surface area contributed by atoms with Gasteiger partial charge in [-0.05, 0) is 52.3 Å². The first kappa shape index (κ1) is 19.1. The van der Waals surface area contributed by atoms with Crippen molar-refractivity contribution in [1.29, 1.82) is 0 Å². The normalized spacial score (nSPS) is 15.1. The van der Waals surface area contributed by atoms with E-state index >= 15 is 0 Å². The number of pyridine rings is 1. The number of carbonyl (C=O) groups is 2. The zero-order chi connectivity index (χ0) is 19.6. The van der Waals surface area contributed by atoms with Crippen LogP contribution in [0.25, 0.3) is 0 Å². The van der Waals surface area contributed by atoms with Crippen LogP contribution in [-0.4, -0.2) is 57.3 Å². The Hall–Kier alpha value is -2.63. The fourth-order valence-electron chi connectivity index (χ4n) is 3.93. The van der Waals surface area contributed by atoms with Crippen LogP contribution in [0.15, 0.2) is 30.5 Å². The van der Waals surface area contributed by atoms with Crippen LogP contribution >= 0.6 is 0 Å². The molecule has 0 aliphatic carbocycles. The summed E-state index contributed by atoms with van der Waals surface area (Å²) >= 11 is 0. The highest BCUT2D eigenvalue weighted by Gasteiger charge is 2.26. The summed E-state index contributed by atoms with van der Waals surface area (Å²) in [6, 6.07) is 7.66. The first-order valence-electron chi connectivity index (χ1n) is 9.58. The second-order valence-corrected chi connectivity index (χ2v) is 7.40. The van der Waals surface area contributed by atoms with E-state index in [0.717, 1.165) is 23.4 Å². The van der Waals surface area contributed by atoms with Gasteiger partial charge in [0.25, 0.3) is 11.8 Å². The summed E-state index contributed by atoms with van der Waals surface area (Å²) in [5.41, 5.74) is 3.34. The van der Waals surface area contributed by atoms with Crippen LogP contribution in [0.4, 0.5) is 0 Å². The second-order valence-electron chi connectivity index (χ2n) is 7.40. The Labute approximate surface area is 160 Å². The summed E-state index contributed by atoms with van der Waals surface area (Å²) in [6.07, 6.45) is 2.40. The summed E-state index contributed by atoms with van der Waals surface area (Å²) < 4.78 is 2.20. The molecular weight excluding hydrogens is 340 g/mol. The largest absolute Gasteiger partial charge is 0.346 e. The molecule has 1 aliphatic rings. The smallest absolute Gasteiger partial charge is 0.272 e. The van der Waals surface area contributed by atoms with Gasteiger partial charge in [-0.25, -0.2) is 0 Å². The molecule has 0 atom stereocenters. The third-order valence-electron chi connectivity index (χ3n) is 5.19. The summed E-state index contributed by atoms with van der Waals surface area (Å²) in [4.78, 5) is 33.6. The van der Waals surface area contributed by atoms with Gasteiger partial charge in [0, 0.05) is 49.8 Å². The van der Waals surface area contributed by atoms with Crippen LogP contribution in [0.1, 0.15) is 58.5 Å². The van der Waals surface area contributed by atoms with E-state index < -0.39 is 0 Å². The minimum atomic E-state index is -0.0668. The second kappa shape index (κ2) is 7.94. The van der Waals surface area contributed by atoms with Crippen LogP contribution in [0.5, 0.6) is 0 Å². The van der Waals surface area contributed by atoms with E-state index in [0.29, 0.717) is 37.9 Å². The quantitative estimate of drug-likeness (QED) is 0.837. The molecule has 0 saturated carbocycles. The third kappa shape index (κ3) is 3.89. The standard InChI is InChI=1S/C21H28N4O2/c1-15(2)25-16(3)14-18(17(25)4)20(26)23-10-7-11-24(13-12-23)21(27)19-8-5-6-9-22-19/h5-6,8-9,14-15H,7,10-13H2,1-4H3. The number of aromatic nitrogens is 2. The molecule has 27 heavy (non-hydrogen) atoms. The maximum Gasteiger partial charge on any atom is 0.272 e. The topological polar surface area (TPSA) is 58.4 Å². The highest BCUT2D eigenvalue weighted by atomic mass is 16.2. The van der Waals surface area contributed by atoms with Crippen LogP contribution in [0, 0.1) is 13.8 Å². The van der Waals surface area contributed by atoms with Crippen molar-refractivity contribution >= 4 is 11.8 Å². The Morgan fingerprint density at radius 1 is 1.00 bits per heavy atom. The highest BCUT2D eigenvalue weighted by molar-refractivity contribution is 5.96. The molecule has 3 heterocycles. The van der Waals surface area contributed by atoms with Gasteiger partial charge in [0.1, 0.15) is 5.69 Å². The van der Waals surface area contributed by atoms with Crippen molar-refractivity contribution in [2.45, 2.75) is 40.2 Å². The molecule has 0 N–H and O–H groups in total. The molecule has 0 radical (unpaired) electrons. The van der Waals surface area contributed by atoms with E-state index in [-0.39, 0.29) is 11.8 Å². The molecule has 1 fully saturated rings. The first-order chi connectivity index (χ1) is 12.9. The third-order valence-corrected chi connectivity index (χ3v) is 5.19. The fourth-order valence-corrected chi connectivity index (χ4v) is 3.93. The van der Waals surface area contributed by atoms with Crippen molar-refractivity contribution in [3.8, 4) is 0 Å². The van der Waals surface area contributed by atoms with Gasteiger partial charge in [0.05, 0.1) is 5.56 Å². The molecule has 3 rings (SSSR count). The van der Waals surface area contributed by atoms with Crippen molar-refractivity contribution in [2.24, 2.45) is 0 Å². The number of rotatable bonds is 3. The minimum absolute atomic E-state index is 0.0575. The monoisotopic (exact) mass is 368 g/mol. The number of aryl methyl sites for hydroxylation is 1. The molecule has 0 unspecified atom stereocenters. The number of hydrogen-bond donors (Lipinski definition) is 0. The van der Waals surface area contributed by atoms with E-state index in [9.17, 15) is 9.59 Å². The molecule has 2 amide bonds. The average Bonchev–Trinajstić information content (AvgIpc) is 2.83. The lowest BCUT2D eigenvalue weighted by atomic mass is 10.2. The van der Waals surface area contributed by atoms with Crippen LogP contribution in [-0.2, 0) is 0 Å². The molecule has 1 aliphatic heterocycles. The molecule has 2 aromatic rings. The molecule has 6 heteroatoms. The van der Waals surface area contributed by atoms with E-state index in [1.54, 1.807) is 23.2 Å². The zero-order valence-corrected chi connectivity index (χ0v) is 16.6. The Kier molecular flexibility index (Phi) is 5.63. The summed E-state index contributed by atoms with van der Waals surface area (Å²) in [7, 11) is 0. The molecule has 1 saturated heterocycles. The highest BCUT2D eigenvalue weighted by Crippen LogP contribution is 2.22. The maximum atomic E-state index is 13.1. The lowest BCUT2D eigenvalue weighted by molar-refractivity contribution is 0.0715. The zero-order valence-electron chi connectivity index (χ0n) is 16.6. The van der Waals surface area contributed by atoms with Gasteiger partial charge in [0.15, 0.2) is 0 Å². The number of carbonyl (C=O) groups excluding carboxylic acids is 2. The average molecular weight is 368 g/mol. The maximum absolute atomic E-state index is 13.1. The molecular formula is C21H28N4O2. The van der Waals surface area contributed by atoms with E-state index in [4.69, 9.17) is 0 Å². The number of hydrogen-bond acceptors (Lipinski definition) is 3. The van der Waals surface area contributed by atoms with Crippen molar-refractivity contribution in [3.05, 3.63) is 53.1 Å². The lowest BCUT2D eigenvalue weighted by Crippen LogP contribution is -2.37. The molecule has 0 spiro atoms. The molecule has 2 aromatic heterocycles. The number of nitrogens with zero attached hydrogens (tertiary/aromatic N) is 4. The summed E-state index contributed by atoms with van der Waals surface area (Å²) in [6.45, 7) is 10.7. The van der Waals surface area contributed by atoms with Gasteiger partial charge in [-0.1, -0.05) is 6.07 Å². The van der Waals surface area contributed by atoms with Gasteiger partial charge >= 0.3 is 0 Å². The SMILES string of the molecule is Cc1cc(C(=O)N2CCCN(C(=O)c3ccccn3)CC2)c(C)n1C(C)C. The Balaban J connectivity index is 1.72. The van der Waals surface area contributed by atoms with Gasteiger partial charge in [-0.3, -0.25) is 14.6 Å². The van der Waals surface area contributed by atoms with Crippen molar-refractivity contribution in [2.75, 3.05) is 26.2 Å². The molecule has 0 aromatic carbocycles. The number of amides is 2. The lowest BCUT2D eigenvalue weighted by Gasteiger charge is -2.22. The van der Waals surface area contributed by atoms with Gasteiger partial charge in [0.2, 0.25) is 0 Å².